The summed E-state index contributed by atoms with van der Waals surface area (Å²) in [5, 5.41) is -2.72. The van der Waals surface area contributed by atoms with Crippen LogP contribution in [0.25, 0.3) is 0 Å². The molecule has 0 amide bonds. The van der Waals surface area contributed by atoms with Gasteiger partial charge < -0.3 is 17.7 Å². The molecule has 0 saturated carbocycles. The molecular weight excluding hydrogens is 454 g/mol. The average molecular weight is 490 g/mol. The van der Waals surface area contributed by atoms with Crippen LogP contribution in [0, 0.1) is 0 Å². The van der Waals surface area contributed by atoms with E-state index in [1.165, 1.54) is 0 Å². The van der Waals surface area contributed by atoms with E-state index in [-0.39, 0.29) is 0 Å². The van der Waals surface area contributed by atoms with E-state index in [1.54, 1.807) is 0 Å². The first kappa shape index (κ1) is 29.6. The number of halogens is 4. The predicted octanol–water partition coefficient (Wildman–Crippen LogP) is 7.07. The van der Waals surface area contributed by atoms with E-state index in [9.17, 15) is 0 Å². The Kier molecular flexibility index (Phi) is 22.5. The third-order valence-corrected chi connectivity index (χ3v) is 5.34. The maximum absolute atomic E-state index is 5.98. The van der Waals surface area contributed by atoms with Gasteiger partial charge in [0.25, 0.3) is 0 Å². The van der Waals surface area contributed by atoms with E-state index in [0.29, 0.717) is 26.4 Å². The van der Waals surface area contributed by atoms with Crippen molar-refractivity contribution >= 4 is 58.7 Å². The third kappa shape index (κ3) is 23.5. The monoisotopic (exact) mass is 488 g/mol. The number of unbranched alkanes of at least 4 members (excludes halogenated alkanes) is 4. The largest absolute Gasteiger partial charge is 0.679 e. The van der Waals surface area contributed by atoms with Gasteiger partial charge in [-0.3, -0.25) is 0 Å². The van der Waals surface area contributed by atoms with Crippen LogP contribution in [0.4, 0.5) is 0 Å². The van der Waals surface area contributed by atoms with Gasteiger partial charge >= 0.3 is 14.4 Å². The Morgan fingerprint density at radius 3 is 0.846 bits per heavy atom. The van der Waals surface area contributed by atoms with Gasteiger partial charge in [0.05, 0.1) is 0 Å². The van der Waals surface area contributed by atoms with E-state index in [2.05, 4.69) is 27.7 Å². The van der Waals surface area contributed by atoms with Crippen LogP contribution in [0.1, 0.15) is 79.1 Å². The minimum atomic E-state index is -2.94. The van der Waals surface area contributed by atoms with E-state index < -0.39 is 14.4 Å². The molecule has 0 atom stereocenters. The molecule has 160 valence electrons. The Bertz CT molecular complexity index is 246. The standard InChI is InChI=1S/C16H36O4Si.Cl4Si/c1-5-9-13-17-21(18-14-10-6-2,19-15-11-7-3)20-16-12-8-4;1-5(2,3)4/h5-16H2,1-4H3;. The zero-order valence-corrected chi connectivity index (χ0v) is 21.7. The van der Waals surface area contributed by atoms with Crippen molar-refractivity contribution in [1.29, 1.82) is 0 Å². The van der Waals surface area contributed by atoms with Gasteiger partial charge in [-0.05, 0) is 25.7 Å². The van der Waals surface area contributed by atoms with Crippen LogP contribution in [-0.4, -0.2) is 40.8 Å². The molecule has 0 bridgehead atoms. The Labute approximate surface area is 181 Å². The van der Waals surface area contributed by atoms with Crippen LogP contribution in [0.2, 0.25) is 0 Å². The minimum absolute atomic E-state index is 0.660. The maximum Gasteiger partial charge on any atom is 0.679 e. The summed E-state index contributed by atoms with van der Waals surface area (Å²) < 4.78 is 23.9. The average Bonchev–Trinajstić information content (AvgIpc) is 2.54. The summed E-state index contributed by atoms with van der Waals surface area (Å²) in [5.41, 5.74) is 0. The first-order valence-electron chi connectivity index (χ1n) is 9.56. The van der Waals surface area contributed by atoms with Crippen molar-refractivity contribution in [2.24, 2.45) is 0 Å². The lowest BCUT2D eigenvalue weighted by Crippen LogP contribution is -2.50. The molecule has 0 unspecified atom stereocenters. The van der Waals surface area contributed by atoms with Crippen molar-refractivity contribution in [2.75, 3.05) is 26.4 Å². The molecule has 0 aliphatic rings. The summed E-state index contributed by atoms with van der Waals surface area (Å²) in [7, 11) is -2.94. The molecule has 0 aliphatic carbocycles. The fourth-order valence-electron chi connectivity index (χ4n) is 1.62. The van der Waals surface area contributed by atoms with Crippen LogP contribution in [0.3, 0.4) is 0 Å². The van der Waals surface area contributed by atoms with E-state index >= 15 is 0 Å². The van der Waals surface area contributed by atoms with Gasteiger partial charge in [-0.1, -0.05) is 53.4 Å². The van der Waals surface area contributed by atoms with Crippen LogP contribution in [-0.2, 0) is 17.7 Å². The molecule has 0 heterocycles. The van der Waals surface area contributed by atoms with Crippen LogP contribution >= 0.6 is 44.3 Å². The highest BCUT2D eigenvalue weighted by Crippen LogP contribution is 2.23. The fraction of sp³-hybridized carbons (Fsp3) is 1.00. The van der Waals surface area contributed by atoms with Crippen molar-refractivity contribution in [3.05, 3.63) is 0 Å². The zero-order chi connectivity index (χ0) is 20.3. The Morgan fingerprint density at radius 2 is 0.692 bits per heavy atom. The second kappa shape index (κ2) is 19.7. The van der Waals surface area contributed by atoms with E-state index in [0.717, 1.165) is 51.4 Å². The molecule has 0 aromatic heterocycles. The lowest BCUT2D eigenvalue weighted by atomic mass is 10.4. The van der Waals surface area contributed by atoms with E-state index in [1.807, 2.05) is 0 Å². The normalized spacial score (nSPS) is 12.0. The molecule has 0 aliphatic heterocycles. The molecule has 4 nitrogen and oxygen atoms in total. The SMILES string of the molecule is CCCCO[Si](OCCCC)(OCCCC)OCCCC.Cl[Si](Cl)(Cl)Cl. The molecule has 0 fully saturated rings. The van der Waals surface area contributed by atoms with Crippen LogP contribution in [0.5, 0.6) is 0 Å². The van der Waals surface area contributed by atoms with Crippen molar-refractivity contribution in [2.45, 2.75) is 79.1 Å². The summed E-state index contributed by atoms with van der Waals surface area (Å²) in [4.78, 5) is 0. The second-order valence-electron chi connectivity index (χ2n) is 5.74. The summed E-state index contributed by atoms with van der Waals surface area (Å²) in [5.74, 6) is 0. The predicted molar refractivity (Wildman–Crippen MR) is 118 cm³/mol. The zero-order valence-electron chi connectivity index (χ0n) is 16.6. The van der Waals surface area contributed by atoms with Crippen molar-refractivity contribution in [1.82, 2.24) is 0 Å². The molecule has 0 saturated heterocycles. The van der Waals surface area contributed by atoms with E-state index in [4.69, 9.17) is 62.0 Å². The Balaban J connectivity index is 0. The Morgan fingerprint density at radius 1 is 0.500 bits per heavy atom. The number of rotatable bonds is 16. The van der Waals surface area contributed by atoms with Crippen molar-refractivity contribution in [3.63, 3.8) is 0 Å². The highest BCUT2D eigenvalue weighted by atomic mass is 36.0. The maximum atomic E-state index is 5.98. The number of hydrogen-bond donors (Lipinski definition) is 0. The van der Waals surface area contributed by atoms with Gasteiger partial charge in [0, 0.05) is 26.4 Å². The molecule has 0 rings (SSSR count). The summed E-state index contributed by atoms with van der Waals surface area (Å²) >= 11 is 19.9. The van der Waals surface area contributed by atoms with Gasteiger partial charge in [0.1, 0.15) is 0 Å². The third-order valence-electron chi connectivity index (χ3n) is 3.11. The smallest absolute Gasteiger partial charge is 0.351 e. The molecule has 0 aromatic carbocycles. The minimum Gasteiger partial charge on any atom is -0.351 e. The lowest BCUT2D eigenvalue weighted by molar-refractivity contribution is -0.0368. The molecule has 0 aromatic rings. The summed E-state index contributed by atoms with van der Waals surface area (Å²) in [6.07, 6.45) is 8.46. The number of hydrogen-bond acceptors (Lipinski definition) is 4. The lowest BCUT2D eigenvalue weighted by Gasteiger charge is -2.28. The molecule has 0 N–H and O–H groups in total. The topological polar surface area (TPSA) is 36.9 Å². The highest BCUT2D eigenvalue weighted by molar-refractivity contribution is 7.81. The van der Waals surface area contributed by atoms with Crippen molar-refractivity contribution in [3.8, 4) is 0 Å². The van der Waals surface area contributed by atoms with Gasteiger partial charge in [0.15, 0.2) is 0 Å². The summed E-state index contributed by atoms with van der Waals surface area (Å²) in [6.45, 7) is 11.3. The van der Waals surface area contributed by atoms with Gasteiger partial charge in [0.2, 0.25) is 0 Å². The van der Waals surface area contributed by atoms with Crippen LogP contribution in [0.15, 0.2) is 0 Å². The quantitative estimate of drug-likeness (QED) is 0.132. The second-order valence-corrected chi connectivity index (χ2v) is 19.0. The van der Waals surface area contributed by atoms with Gasteiger partial charge in [-0.15, -0.1) is 44.3 Å². The van der Waals surface area contributed by atoms with Gasteiger partial charge in [-0.25, -0.2) is 0 Å². The first-order valence-corrected chi connectivity index (χ1v) is 17.2. The fourth-order valence-corrected chi connectivity index (χ4v) is 3.69. The van der Waals surface area contributed by atoms with Gasteiger partial charge in [-0.2, -0.15) is 0 Å². The molecule has 0 radical (unpaired) electrons. The van der Waals surface area contributed by atoms with Crippen molar-refractivity contribution < 1.29 is 17.7 Å². The highest BCUT2D eigenvalue weighted by Gasteiger charge is 2.45. The Hall–Kier alpha value is 1.43. The molecule has 10 heteroatoms. The molecular formula is C16H36Cl4O4Si2. The first-order chi connectivity index (χ1) is 12.2. The summed E-state index contributed by atoms with van der Waals surface area (Å²) in [6, 6.07) is 0. The molecule has 26 heavy (non-hydrogen) atoms. The van der Waals surface area contributed by atoms with Crippen LogP contribution < -0.4 is 0 Å². The molecule has 0 spiro atoms.